The van der Waals surface area contributed by atoms with Crippen molar-refractivity contribution in [3.8, 4) is 0 Å². The normalized spacial score (nSPS) is 26.9. The molecular formula is C14H18N2O4. The number of nitrogens with one attached hydrogen (secondary N) is 2. The maximum Gasteiger partial charge on any atom is 0.241 e. The fourth-order valence-corrected chi connectivity index (χ4v) is 2.46. The molecule has 2 fully saturated rings. The molecule has 3 rings (SSSR count). The first-order valence-electron chi connectivity index (χ1n) is 6.78. The molecule has 6 nitrogen and oxygen atoms in total. The van der Waals surface area contributed by atoms with E-state index < -0.39 is 6.10 Å². The average molecular weight is 278 g/mol. The van der Waals surface area contributed by atoms with Crippen LogP contribution in [0.4, 0.5) is 5.69 Å². The molecule has 0 saturated carbocycles. The molecule has 2 unspecified atom stereocenters. The molecule has 0 spiro atoms. The van der Waals surface area contributed by atoms with Crippen LogP contribution in [0.15, 0.2) is 24.3 Å². The molecule has 2 aliphatic heterocycles. The van der Waals surface area contributed by atoms with Gasteiger partial charge in [-0.15, -0.1) is 0 Å². The van der Waals surface area contributed by atoms with E-state index in [4.69, 9.17) is 9.47 Å². The van der Waals surface area contributed by atoms with Gasteiger partial charge in [-0.2, -0.15) is 0 Å². The Morgan fingerprint density at radius 1 is 1.35 bits per heavy atom. The monoisotopic (exact) mass is 278 g/mol. The van der Waals surface area contributed by atoms with Gasteiger partial charge in [-0.1, -0.05) is 12.1 Å². The van der Waals surface area contributed by atoms with E-state index in [0.29, 0.717) is 31.9 Å². The number of hydrogen-bond acceptors (Lipinski definition) is 5. The largest absolute Gasteiger partial charge is 0.392 e. The molecule has 2 saturated heterocycles. The molecule has 2 heterocycles. The number of aliphatic hydroxyl groups excluding tert-OH is 1. The van der Waals surface area contributed by atoms with Crippen LogP contribution in [0.3, 0.4) is 0 Å². The molecule has 1 amide bonds. The lowest BCUT2D eigenvalue weighted by Crippen LogP contribution is -2.35. The third-order valence-corrected chi connectivity index (χ3v) is 3.47. The third-order valence-electron chi connectivity index (χ3n) is 3.47. The summed E-state index contributed by atoms with van der Waals surface area (Å²) >= 11 is 0. The highest BCUT2D eigenvalue weighted by atomic mass is 16.7. The predicted molar refractivity (Wildman–Crippen MR) is 72.1 cm³/mol. The lowest BCUT2D eigenvalue weighted by molar-refractivity contribution is -0.117. The summed E-state index contributed by atoms with van der Waals surface area (Å²) < 4.78 is 10.9. The summed E-state index contributed by atoms with van der Waals surface area (Å²) in [6.07, 6.45) is -0.351. The molecule has 2 atom stereocenters. The van der Waals surface area contributed by atoms with Gasteiger partial charge in [-0.05, 0) is 18.6 Å². The summed E-state index contributed by atoms with van der Waals surface area (Å²) in [5, 5.41) is 15.3. The topological polar surface area (TPSA) is 79.8 Å². The molecule has 2 aliphatic rings. The lowest BCUT2D eigenvalue weighted by atomic mass is 10.1. The van der Waals surface area contributed by atoms with Crippen molar-refractivity contribution < 1.29 is 19.4 Å². The molecule has 1 aromatic rings. The number of anilines is 1. The Morgan fingerprint density at radius 3 is 2.85 bits per heavy atom. The molecule has 20 heavy (non-hydrogen) atoms. The van der Waals surface area contributed by atoms with E-state index in [9.17, 15) is 9.90 Å². The molecule has 108 valence electrons. The standard InChI is InChI=1S/C14H18N2O4/c17-11-7-12(15-8-11)13(18)16-10-3-1-2-9(6-10)14-19-4-5-20-14/h1-3,6,11-12,14-15,17H,4-5,7-8H2,(H,16,18). The highest BCUT2D eigenvalue weighted by Gasteiger charge is 2.28. The van der Waals surface area contributed by atoms with Crippen molar-refractivity contribution in [1.82, 2.24) is 5.32 Å². The van der Waals surface area contributed by atoms with Gasteiger partial charge in [0.2, 0.25) is 5.91 Å². The Labute approximate surface area is 117 Å². The van der Waals surface area contributed by atoms with Gasteiger partial charge in [0.05, 0.1) is 25.4 Å². The van der Waals surface area contributed by atoms with Gasteiger partial charge >= 0.3 is 0 Å². The molecule has 0 radical (unpaired) electrons. The number of rotatable bonds is 3. The summed E-state index contributed by atoms with van der Waals surface area (Å²) in [4.78, 5) is 12.0. The van der Waals surface area contributed by atoms with Gasteiger partial charge in [-0.3, -0.25) is 4.79 Å². The van der Waals surface area contributed by atoms with Gasteiger partial charge in [-0.25, -0.2) is 0 Å². The maximum absolute atomic E-state index is 12.0. The van der Waals surface area contributed by atoms with E-state index in [-0.39, 0.29) is 18.2 Å². The second kappa shape index (κ2) is 5.88. The number of amides is 1. The second-order valence-corrected chi connectivity index (χ2v) is 5.04. The number of aliphatic hydroxyl groups is 1. The third kappa shape index (κ3) is 2.99. The highest BCUT2D eigenvalue weighted by Crippen LogP contribution is 2.25. The Balaban J connectivity index is 1.65. The zero-order valence-electron chi connectivity index (χ0n) is 11.0. The minimum Gasteiger partial charge on any atom is -0.392 e. The van der Waals surface area contributed by atoms with Gasteiger partial charge in [0.15, 0.2) is 6.29 Å². The number of ether oxygens (including phenoxy) is 2. The van der Waals surface area contributed by atoms with E-state index >= 15 is 0 Å². The van der Waals surface area contributed by atoms with E-state index in [1.165, 1.54) is 0 Å². The number of β-amino-alcohol motifs (C(OH)–C–C–N with tert-alkyl or cyclic N) is 1. The smallest absolute Gasteiger partial charge is 0.241 e. The average Bonchev–Trinajstić information content (AvgIpc) is 3.10. The SMILES string of the molecule is O=C(Nc1cccc(C2OCCO2)c1)C1CC(O)CN1. The van der Waals surface area contributed by atoms with Crippen molar-refractivity contribution in [2.24, 2.45) is 0 Å². The molecule has 3 N–H and O–H groups in total. The van der Waals surface area contributed by atoms with Crippen LogP contribution in [0, 0.1) is 0 Å². The van der Waals surface area contributed by atoms with Crippen molar-refractivity contribution in [3.63, 3.8) is 0 Å². The van der Waals surface area contributed by atoms with Crippen molar-refractivity contribution in [2.75, 3.05) is 25.1 Å². The van der Waals surface area contributed by atoms with E-state index in [1.54, 1.807) is 0 Å². The van der Waals surface area contributed by atoms with Crippen LogP contribution in [0.1, 0.15) is 18.3 Å². The van der Waals surface area contributed by atoms with Gasteiger partial charge < -0.3 is 25.2 Å². The highest BCUT2D eigenvalue weighted by molar-refractivity contribution is 5.95. The van der Waals surface area contributed by atoms with E-state index in [2.05, 4.69) is 10.6 Å². The minimum atomic E-state index is -0.447. The predicted octanol–water partition coefficient (Wildman–Crippen LogP) is 0.393. The van der Waals surface area contributed by atoms with E-state index in [0.717, 1.165) is 5.56 Å². The molecule has 0 aromatic heterocycles. The Bertz CT molecular complexity index is 488. The summed E-state index contributed by atoms with van der Waals surface area (Å²) in [6, 6.07) is 7.09. The van der Waals surface area contributed by atoms with Crippen molar-refractivity contribution in [1.29, 1.82) is 0 Å². The Kier molecular flexibility index (Phi) is 3.98. The summed E-state index contributed by atoms with van der Waals surface area (Å²) in [6.45, 7) is 1.64. The van der Waals surface area contributed by atoms with Crippen LogP contribution >= 0.6 is 0 Å². The number of carbonyl (C=O) groups excluding carboxylic acids is 1. The van der Waals surface area contributed by atoms with Gasteiger partial charge in [0, 0.05) is 17.8 Å². The van der Waals surface area contributed by atoms with Crippen LogP contribution in [-0.2, 0) is 14.3 Å². The van der Waals surface area contributed by atoms with Crippen LogP contribution in [-0.4, -0.2) is 42.9 Å². The molecule has 0 aliphatic carbocycles. The summed E-state index contributed by atoms with van der Waals surface area (Å²) in [7, 11) is 0. The molecule has 0 bridgehead atoms. The first-order chi connectivity index (χ1) is 9.72. The van der Waals surface area contributed by atoms with Crippen LogP contribution < -0.4 is 10.6 Å². The van der Waals surface area contributed by atoms with Crippen LogP contribution in [0.2, 0.25) is 0 Å². The summed E-state index contributed by atoms with van der Waals surface area (Å²) in [5.74, 6) is -0.132. The lowest BCUT2D eigenvalue weighted by Gasteiger charge is -2.14. The Morgan fingerprint density at radius 2 is 2.15 bits per heavy atom. The number of benzene rings is 1. The molecule has 6 heteroatoms. The first kappa shape index (κ1) is 13.5. The van der Waals surface area contributed by atoms with Gasteiger partial charge in [0.25, 0.3) is 0 Å². The quantitative estimate of drug-likeness (QED) is 0.745. The zero-order chi connectivity index (χ0) is 13.9. The zero-order valence-corrected chi connectivity index (χ0v) is 11.0. The fraction of sp³-hybridized carbons (Fsp3) is 0.500. The molecular weight excluding hydrogens is 260 g/mol. The minimum absolute atomic E-state index is 0.132. The van der Waals surface area contributed by atoms with E-state index in [1.807, 2.05) is 24.3 Å². The van der Waals surface area contributed by atoms with Crippen LogP contribution in [0.25, 0.3) is 0 Å². The maximum atomic E-state index is 12.0. The fourth-order valence-electron chi connectivity index (χ4n) is 2.46. The van der Waals surface area contributed by atoms with Crippen molar-refractivity contribution in [2.45, 2.75) is 24.9 Å². The second-order valence-electron chi connectivity index (χ2n) is 5.04. The first-order valence-corrected chi connectivity index (χ1v) is 6.78. The number of hydrogen-bond donors (Lipinski definition) is 3. The van der Waals surface area contributed by atoms with Crippen LogP contribution in [0.5, 0.6) is 0 Å². The number of carbonyl (C=O) groups is 1. The van der Waals surface area contributed by atoms with Crippen molar-refractivity contribution >= 4 is 11.6 Å². The molecule has 1 aromatic carbocycles. The summed E-state index contributed by atoms with van der Waals surface area (Å²) in [5.41, 5.74) is 1.59. The van der Waals surface area contributed by atoms with Gasteiger partial charge in [0.1, 0.15) is 0 Å². The van der Waals surface area contributed by atoms with Crippen molar-refractivity contribution in [3.05, 3.63) is 29.8 Å². The Hall–Kier alpha value is -1.47.